The number of halogens is 4. The van der Waals surface area contributed by atoms with Crippen LogP contribution in [0, 0.1) is 5.41 Å². The predicted molar refractivity (Wildman–Crippen MR) is 92.4 cm³/mol. The third kappa shape index (κ3) is 3.20. The molecule has 0 heterocycles. The zero-order valence-electron chi connectivity index (χ0n) is 10.6. The van der Waals surface area contributed by atoms with Crippen LogP contribution in [0.2, 0.25) is 5.02 Å². The van der Waals surface area contributed by atoms with Crippen molar-refractivity contribution in [3.63, 3.8) is 0 Å². The summed E-state index contributed by atoms with van der Waals surface area (Å²) in [5, 5.41) is 8.02. The molecule has 0 saturated carbocycles. The van der Waals surface area contributed by atoms with Crippen molar-refractivity contribution in [2.75, 3.05) is 0 Å². The minimum atomic E-state index is -0.284. The molecule has 1 aromatic carbocycles. The topological polar surface area (TPSA) is 23.9 Å². The fourth-order valence-corrected chi connectivity index (χ4v) is 3.28. The van der Waals surface area contributed by atoms with Crippen LogP contribution in [0.1, 0.15) is 23.4 Å². The van der Waals surface area contributed by atoms with Crippen molar-refractivity contribution >= 4 is 63.0 Å². The van der Waals surface area contributed by atoms with E-state index in [4.69, 9.17) is 40.2 Å². The molecule has 2 rings (SSSR count). The number of benzene rings is 1. The van der Waals surface area contributed by atoms with Gasteiger partial charge in [0.25, 0.3) is 0 Å². The number of alkyl halides is 1. The molecule has 0 aromatic heterocycles. The molecular formula is C15H11BrCl3N. The van der Waals surface area contributed by atoms with E-state index in [9.17, 15) is 0 Å². The summed E-state index contributed by atoms with van der Waals surface area (Å²) in [4.78, 5) is 0. The Kier molecular flexibility index (Phi) is 5.14. The van der Waals surface area contributed by atoms with Crippen LogP contribution in [-0.2, 0) is 0 Å². The first kappa shape index (κ1) is 15.8. The minimum Gasteiger partial charge on any atom is -0.307 e. The minimum absolute atomic E-state index is 0.284. The van der Waals surface area contributed by atoms with E-state index in [1.54, 1.807) is 0 Å². The van der Waals surface area contributed by atoms with Crippen LogP contribution in [0.15, 0.2) is 44.9 Å². The van der Waals surface area contributed by atoms with E-state index in [-0.39, 0.29) is 5.38 Å². The summed E-state index contributed by atoms with van der Waals surface area (Å²) in [6, 6.07) is 5.62. The summed E-state index contributed by atoms with van der Waals surface area (Å²) < 4.78 is 0.863. The first-order chi connectivity index (χ1) is 9.43. The average molecular weight is 392 g/mol. The van der Waals surface area contributed by atoms with Crippen LogP contribution < -0.4 is 0 Å². The molecule has 20 heavy (non-hydrogen) atoms. The SMILES string of the molecule is C/C(C1=CC(Cl)c2ccc(Cl)cc2C=C1Br)=C(\Cl)C=N. The van der Waals surface area contributed by atoms with Crippen molar-refractivity contribution in [3.05, 3.63) is 61.1 Å². The number of rotatable bonds is 2. The molecule has 5 heteroatoms. The Morgan fingerprint density at radius 2 is 2.10 bits per heavy atom. The smallest absolute Gasteiger partial charge is 0.0781 e. The summed E-state index contributed by atoms with van der Waals surface area (Å²) in [5.41, 5.74) is 3.64. The van der Waals surface area contributed by atoms with Crippen molar-refractivity contribution in [2.45, 2.75) is 12.3 Å². The Bertz CT molecular complexity index is 659. The Balaban J connectivity index is 2.61. The van der Waals surface area contributed by atoms with Crippen LogP contribution in [0.4, 0.5) is 0 Å². The quantitative estimate of drug-likeness (QED) is 0.442. The van der Waals surface area contributed by atoms with E-state index in [2.05, 4.69) is 15.9 Å². The number of allylic oxidation sites excluding steroid dienone is 5. The second-order valence-corrected chi connectivity index (χ2v) is 6.53. The molecule has 1 unspecified atom stereocenters. The summed E-state index contributed by atoms with van der Waals surface area (Å²) >= 11 is 22.1. The molecule has 1 nitrogen and oxygen atoms in total. The van der Waals surface area contributed by atoms with Crippen molar-refractivity contribution in [1.82, 2.24) is 0 Å². The van der Waals surface area contributed by atoms with Crippen LogP contribution in [0.3, 0.4) is 0 Å². The molecule has 0 amide bonds. The van der Waals surface area contributed by atoms with Gasteiger partial charge in [0, 0.05) is 15.7 Å². The molecule has 0 fully saturated rings. The van der Waals surface area contributed by atoms with E-state index in [1.165, 1.54) is 0 Å². The van der Waals surface area contributed by atoms with Crippen LogP contribution in [0.5, 0.6) is 0 Å². The molecule has 0 saturated heterocycles. The van der Waals surface area contributed by atoms with Gasteiger partial charge in [-0.15, -0.1) is 11.6 Å². The second-order valence-electron chi connectivity index (χ2n) is 4.36. The fourth-order valence-electron chi connectivity index (χ4n) is 1.99. The molecule has 1 N–H and O–H groups in total. The van der Waals surface area contributed by atoms with Gasteiger partial charge in [0.15, 0.2) is 0 Å². The Morgan fingerprint density at radius 3 is 2.75 bits per heavy atom. The molecule has 0 spiro atoms. The van der Waals surface area contributed by atoms with Gasteiger partial charge in [-0.2, -0.15) is 0 Å². The zero-order chi connectivity index (χ0) is 14.9. The van der Waals surface area contributed by atoms with Gasteiger partial charge >= 0.3 is 0 Å². The van der Waals surface area contributed by atoms with E-state index in [0.29, 0.717) is 10.1 Å². The van der Waals surface area contributed by atoms with Gasteiger partial charge in [-0.25, -0.2) is 0 Å². The second kappa shape index (κ2) is 6.48. The van der Waals surface area contributed by atoms with Crippen LogP contribution in [0.25, 0.3) is 6.08 Å². The highest BCUT2D eigenvalue weighted by Gasteiger charge is 2.18. The Morgan fingerprint density at radius 1 is 1.40 bits per heavy atom. The highest BCUT2D eigenvalue weighted by atomic mass is 79.9. The summed E-state index contributed by atoms with van der Waals surface area (Å²) in [5.74, 6) is 0. The highest BCUT2D eigenvalue weighted by Crippen LogP contribution is 2.39. The average Bonchev–Trinajstić information content (AvgIpc) is 2.53. The van der Waals surface area contributed by atoms with Crippen molar-refractivity contribution < 1.29 is 0 Å². The van der Waals surface area contributed by atoms with Crippen LogP contribution in [-0.4, -0.2) is 6.21 Å². The maximum absolute atomic E-state index is 7.26. The number of nitrogens with one attached hydrogen (secondary N) is 1. The first-order valence-electron chi connectivity index (χ1n) is 5.84. The standard InChI is InChI=1S/C15H11BrCl3N/c1-8(15(19)7-20)12-6-14(18)11-3-2-10(17)4-9(11)5-13(12)16/h2-7,14,20H,1H3/b15-8+,20-7?. The number of hydrogen-bond donors (Lipinski definition) is 1. The maximum Gasteiger partial charge on any atom is 0.0781 e. The fraction of sp³-hybridized carbons (Fsp3) is 0.133. The zero-order valence-corrected chi connectivity index (χ0v) is 14.4. The normalized spacial score (nSPS) is 19.4. The molecule has 1 aromatic rings. The van der Waals surface area contributed by atoms with E-state index < -0.39 is 0 Å². The lowest BCUT2D eigenvalue weighted by molar-refractivity contribution is 1.19. The third-order valence-corrected chi connectivity index (χ3v) is 4.73. The largest absolute Gasteiger partial charge is 0.307 e. The molecule has 0 radical (unpaired) electrons. The van der Waals surface area contributed by atoms with Gasteiger partial charge in [-0.3, -0.25) is 0 Å². The van der Waals surface area contributed by atoms with E-state index in [1.807, 2.05) is 37.3 Å². The van der Waals surface area contributed by atoms with Crippen molar-refractivity contribution in [2.24, 2.45) is 0 Å². The molecule has 1 aliphatic carbocycles. The molecule has 1 atom stereocenters. The molecular weight excluding hydrogens is 380 g/mol. The Hall–Kier alpha value is -0.540. The van der Waals surface area contributed by atoms with Crippen molar-refractivity contribution in [1.29, 1.82) is 5.41 Å². The van der Waals surface area contributed by atoms with Crippen molar-refractivity contribution in [3.8, 4) is 0 Å². The summed E-state index contributed by atoms with van der Waals surface area (Å²) in [6.45, 7) is 1.86. The van der Waals surface area contributed by atoms with Gasteiger partial charge in [-0.05, 0) is 47.4 Å². The van der Waals surface area contributed by atoms with Gasteiger partial charge in [0.2, 0.25) is 0 Å². The van der Waals surface area contributed by atoms with Gasteiger partial charge in [-0.1, -0.05) is 51.3 Å². The van der Waals surface area contributed by atoms with E-state index >= 15 is 0 Å². The molecule has 0 aliphatic heterocycles. The lowest BCUT2D eigenvalue weighted by atomic mass is 10.0. The van der Waals surface area contributed by atoms with Gasteiger partial charge in [0.1, 0.15) is 0 Å². The third-order valence-electron chi connectivity index (χ3n) is 3.09. The first-order valence-corrected chi connectivity index (χ1v) is 7.82. The molecule has 0 bridgehead atoms. The van der Waals surface area contributed by atoms with E-state index in [0.717, 1.165) is 33.0 Å². The maximum atomic E-state index is 7.26. The van der Waals surface area contributed by atoms with Gasteiger partial charge < -0.3 is 5.41 Å². The lowest BCUT2D eigenvalue weighted by Crippen LogP contribution is -1.92. The van der Waals surface area contributed by atoms with Crippen LogP contribution >= 0.6 is 50.7 Å². The molecule has 1 aliphatic rings. The summed E-state index contributed by atoms with van der Waals surface area (Å²) in [7, 11) is 0. The van der Waals surface area contributed by atoms with Gasteiger partial charge in [0.05, 0.1) is 10.4 Å². The number of fused-ring (bicyclic) bond motifs is 1. The Labute approximate surface area is 141 Å². The number of hydrogen-bond acceptors (Lipinski definition) is 1. The highest BCUT2D eigenvalue weighted by molar-refractivity contribution is 9.12. The molecule has 104 valence electrons. The monoisotopic (exact) mass is 389 g/mol. The lowest BCUT2D eigenvalue weighted by Gasteiger charge is -2.09. The summed E-state index contributed by atoms with van der Waals surface area (Å²) in [6.07, 6.45) is 5.01. The predicted octanol–water partition coefficient (Wildman–Crippen LogP) is 6.46.